The van der Waals surface area contributed by atoms with E-state index in [1.807, 2.05) is 48.6 Å². The molecule has 0 aliphatic carbocycles. The van der Waals surface area contributed by atoms with Crippen LogP contribution in [0.25, 0.3) is 12.2 Å². The molecule has 5 nitrogen and oxygen atoms in total. The highest BCUT2D eigenvalue weighted by Gasteiger charge is 2.06. The molecule has 5 heteroatoms. The van der Waals surface area contributed by atoms with Crippen LogP contribution in [-0.4, -0.2) is 22.9 Å². The number of rotatable bonds is 5. The van der Waals surface area contributed by atoms with Gasteiger partial charge in [-0.2, -0.15) is 0 Å². The molecule has 0 bridgehead atoms. The number of amides is 1. The maximum atomic E-state index is 11.6. The van der Waals surface area contributed by atoms with E-state index in [4.69, 9.17) is 4.74 Å². The maximum Gasteiger partial charge on any atom is 0.269 e. The molecule has 0 radical (unpaired) electrons. The fraction of sp³-hybridized carbons (Fsp3) is 0.0500. The summed E-state index contributed by atoms with van der Waals surface area (Å²) in [6, 6.07) is 14.9. The molecule has 1 aromatic carbocycles. The van der Waals surface area contributed by atoms with Crippen LogP contribution >= 0.6 is 0 Å². The van der Waals surface area contributed by atoms with E-state index >= 15 is 0 Å². The van der Waals surface area contributed by atoms with Crippen molar-refractivity contribution in [2.45, 2.75) is 0 Å². The van der Waals surface area contributed by atoms with Crippen LogP contribution in [0.3, 0.4) is 0 Å². The van der Waals surface area contributed by atoms with Gasteiger partial charge in [0.15, 0.2) is 0 Å². The van der Waals surface area contributed by atoms with Gasteiger partial charge in [-0.25, -0.2) is 0 Å². The Bertz CT molecular complexity index is 875. The standard InChI is InChI=1S/C20H17N3O2/c1-21-20(24)19-14-18(10-13-23-19)25-17-6-4-15(5-7-17)2-3-16-8-11-22-12-9-16/h2-14H,1H3,(H,21,24)/b3-2+. The SMILES string of the molecule is CNC(=O)c1cc(Oc2ccc(/C=C/c3ccncc3)cc2)ccn1. The number of benzene rings is 1. The van der Waals surface area contributed by atoms with E-state index in [0.717, 1.165) is 11.1 Å². The quantitative estimate of drug-likeness (QED) is 0.772. The maximum absolute atomic E-state index is 11.6. The van der Waals surface area contributed by atoms with Gasteiger partial charge in [0.1, 0.15) is 17.2 Å². The van der Waals surface area contributed by atoms with Gasteiger partial charge >= 0.3 is 0 Å². The fourth-order valence-corrected chi connectivity index (χ4v) is 2.18. The third kappa shape index (κ3) is 4.51. The summed E-state index contributed by atoms with van der Waals surface area (Å²) >= 11 is 0. The van der Waals surface area contributed by atoms with E-state index in [1.54, 1.807) is 37.8 Å². The Labute approximate surface area is 146 Å². The van der Waals surface area contributed by atoms with Gasteiger partial charge in [-0.3, -0.25) is 14.8 Å². The molecule has 0 fully saturated rings. The van der Waals surface area contributed by atoms with Crippen molar-refractivity contribution in [2.75, 3.05) is 7.05 Å². The third-order valence-corrected chi connectivity index (χ3v) is 3.48. The summed E-state index contributed by atoms with van der Waals surface area (Å²) in [6.45, 7) is 0. The minimum Gasteiger partial charge on any atom is -0.457 e. The summed E-state index contributed by atoms with van der Waals surface area (Å²) in [5.74, 6) is 1.01. The smallest absolute Gasteiger partial charge is 0.269 e. The van der Waals surface area contributed by atoms with Crippen LogP contribution in [0.15, 0.2) is 67.1 Å². The summed E-state index contributed by atoms with van der Waals surface area (Å²) < 4.78 is 5.78. The molecule has 0 saturated heterocycles. The predicted octanol–water partition coefficient (Wildman–Crippen LogP) is 3.80. The average molecular weight is 331 g/mol. The molecule has 25 heavy (non-hydrogen) atoms. The Balaban J connectivity index is 1.69. The van der Waals surface area contributed by atoms with Crippen molar-refractivity contribution in [3.05, 3.63) is 83.9 Å². The highest BCUT2D eigenvalue weighted by atomic mass is 16.5. The summed E-state index contributed by atoms with van der Waals surface area (Å²) in [5, 5.41) is 2.54. The number of carbonyl (C=O) groups is 1. The van der Waals surface area contributed by atoms with Crippen LogP contribution in [0.2, 0.25) is 0 Å². The summed E-state index contributed by atoms with van der Waals surface area (Å²) in [7, 11) is 1.57. The molecule has 0 unspecified atom stereocenters. The Hall–Kier alpha value is -3.47. The molecule has 3 rings (SSSR count). The van der Waals surface area contributed by atoms with Crippen LogP contribution in [0.4, 0.5) is 0 Å². The van der Waals surface area contributed by atoms with Gasteiger partial charge in [-0.1, -0.05) is 24.3 Å². The number of pyridine rings is 2. The number of nitrogens with zero attached hydrogens (tertiary/aromatic N) is 2. The molecule has 1 N–H and O–H groups in total. The Morgan fingerprint density at radius 1 is 0.920 bits per heavy atom. The van der Waals surface area contributed by atoms with E-state index in [-0.39, 0.29) is 5.91 Å². The largest absolute Gasteiger partial charge is 0.457 e. The topological polar surface area (TPSA) is 64.1 Å². The van der Waals surface area contributed by atoms with Crippen molar-refractivity contribution in [1.82, 2.24) is 15.3 Å². The minimum absolute atomic E-state index is 0.248. The number of hydrogen-bond acceptors (Lipinski definition) is 4. The first-order valence-electron chi connectivity index (χ1n) is 7.79. The number of nitrogens with one attached hydrogen (secondary N) is 1. The first-order valence-corrected chi connectivity index (χ1v) is 7.79. The second-order valence-corrected chi connectivity index (χ2v) is 5.24. The summed E-state index contributed by atoms with van der Waals surface area (Å²) in [4.78, 5) is 19.6. The number of ether oxygens (including phenoxy) is 1. The van der Waals surface area contributed by atoms with Gasteiger partial charge in [0.05, 0.1) is 0 Å². The van der Waals surface area contributed by atoms with Crippen molar-refractivity contribution in [3.63, 3.8) is 0 Å². The second-order valence-electron chi connectivity index (χ2n) is 5.24. The van der Waals surface area contributed by atoms with Crippen molar-refractivity contribution in [1.29, 1.82) is 0 Å². The minimum atomic E-state index is -0.248. The second kappa shape index (κ2) is 7.88. The zero-order valence-corrected chi connectivity index (χ0v) is 13.7. The van der Waals surface area contributed by atoms with Crippen molar-refractivity contribution >= 4 is 18.1 Å². The third-order valence-electron chi connectivity index (χ3n) is 3.48. The molecule has 2 aromatic heterocycles. The lowest BCUT2D eigenvalue weighted by Crippen LogP contribution is -2.18. The van der Waals surface area contributed by atoms with Gasteiger partial charge in [-0.05, 0) is 41.5 Å². The predicted molar refractivity (Wildman–Crippen MR) is 97.3 cm³/mol. The zero-order valence-electron chi connectivity index (χ0n) is 13.7. The molecule has 0 spiro atoms. The molecule has 2 heterocycles. The fourth-order valence-electron chi connectivity index (χ4n) is 2.18. The monoisotopic (exact) mass is 331 g/mol. The highest BCUT2D eigenvalue weighted by Crippen LogP contribution is 2.22. The van der Waals surface area contributed by atoms with Crippen LogP contribution in [0, 0.1) is 0 Å². The van der Waals surface area contributed by atoms with E-state index in [1.165, 1.54) is 0 Å². The van der Waals surface area contributed by atoms with Gasteiger partial charge < -0.3 is 10.1 Å². The normalized spacial score (nSPS) is 10.6. The van der Waals surface area contributed by atoms with Gasteiger partial charge in [-0.15, -0.1) is 0 Å². The molecular weight excluding hydrogens is 314 g/mol. The summed E-state index contributed by atoms with van der Waals surface area (Å²) in [6.07, 6.45) is 9.12. The zero-order chi connectivity index (χ0) is 17.5. The van der Waals surface area contributed by atoms with E-state index < -0.39 is 0 Å². The number of aromatic nitrogens is 2. The molecule has 3 aromatic rings. The first-order chi connectivity index (χ1) is 12.2. The molecular formula is C20H17N3O2. The number of hydrogen-bond donors (Lipinski definition) is 1. The molecule has 0 aliphatic heterocycles. The lowest BCUT2D eigenvalue weighted by atomic mass is 10.1. The lowest BCUT2D eigenvalue weighted by molar-refractivity contribution is 0.0958. The van der Waals surface area contributed by atoms with Crippen LogP contribution < -0.4 is 10.1 Å². The average Bonchev–Trinajstić information content (AvgIpc) is 2.68. The van der Waals surface area contributed by atoms with Gasteiger partial charge in [0.25, 0.3) is 5.91 Å². The van der Waals surface area contributed by atoms with Crippen molar-refractivity contribution in [2.24, 2.45) is 0 Å². The van der Waals surface area contributed by atoms with Crippen molar-refractivity contribution < 1.29 is 9.53 Å². The Morgan fingerprint density at radius 2 is 1.60 bits per heavy atom. The lowest BCUT2D eigenvalue weighted by Gasteiger charge is -2.07. The number of carbonyl (C=O) groups excluding carboxylic acids is 1. The Morgan fingerprint density at radius 3 is 2.28 bits per heavy atom. The molecule has 1 amide bonds. The van der Waals surface area contributed by atoms with E-state index in [2.05, 4.69) is 15.3 Å². The highest BCUT2D eigenvalue weighted by molar-refractivity contribution is 5.92. The molecule has 124 valence electrons. The van der Waals surface area contributed by atoms with E-state index in [9.17, 15) is 4.79 Å². The van der Waals surface area contributed by atoms with Gasteiger partial charge in [0, 0.05) is 31.7 Å². The molecule has 0 saturated carbocycles. The Kier molecular flexibility index (Phi) is 5.16. The van der Waals surface area contributed by atoms with Crippen LogP contribution in [0.1, 0.15) is 21.6 Å². The van der Waals surface area contributed by atoms with Crippen LogP contribution in [-0.2, 0) is 0 Å². The van der Waals surface area contributed by atoms with Crippen molar-refractivity contribution in [3.8, 4) is 11.5 Å². The summed E-state index contributed by atoms with van der Waals surface area (Å²) in [5.41, 5.74) is 2.47. The van der Waals surface area contributed by atoms with E-state index in [0.29, 0.717) is 17.2 Å². The van der Waals surface area contributed by atoms with Gasteiger partial charge in [0.2, 0.25) is 0 Å². The molecule has 0 aliphatic rings. The van der Waals surface area contributed by atoms with Crippen LogP contribution in [0.5, 0.6) is 11.5 Å². The first kappa shape index (κ1) is 16.4. The molecule has 0 atom stereocenters.